The number of unbranched alkanes of at least 4 members (excludes halogenated alkanes) is 3. The molecule has 1 aliphatic rings. The number of pyridine rings is 1. The van der Waals surface area contributed by atoms with Gasteiger partial charge in [0.15, 0.2) is 0 Å². The Labute approximate surface area is 237 Å². The molecule has 222 valence electrons. The lowest BCUT2D eigenvalue weighted by Crippen LogP contribution is -2.37. The minimum absolute atomic E-state index is 0.0677. The normalized spacial score (nSPS) is 13.7. The van der Waals surface area contributed by atoms with Crippen molar-refractivity contribution in [1.29, 1.82) is 0 Å². The Morgan fingerprint density at radius 1 is 1.15 bits per heavy atom. The number of hydroxylamine groups is 1. The van der Waals surface area contributed by atoms with Gasteiger partial charge >= 0.3 is 0 Å². The minimum atomic E-state index is -3.65. The summed E-state index contributed by atoms with van der Waals surface area (Å²) in [5.41, 5.74) is 2.88. The molecule has 1 aromatic carbocycles. The molecule has 41 heavy (non-hydrogen) atoms. The molecule has 0 unspecified atom stereocenters. The van der Waals surface area contributed by atoms with Gasteiger partial charge in [-0.15, -0.1) is 0 Å². The number of aromatic nitrogens is 3. The summed E-state index contributed by atoms with van der Waals surface area (Å²) in [6.07, 6.45) is 5.55. The van der Waals surface area contributed by atoms with Crippen LogP contribution in [0.2, 0.25) is 0 Å². The molecule has 0 radical (unpaired) electrons. The van der Waals surface area contributed by atoms with E-state index in [0.29, 0.717) is 73.9 Å². The number of ether oxygens (including phenoxy) is 3. The number of carbonyl (C=O) groups is 1. The number of rotatable bonds is 13. The van der Waals surface area contributed by atoms with Crippen LogP contribution in [0.25, 0.3) is 22.2 Å². The zero-order valence-corrected chi connectivity index (χ0v) is 23.7. The third-order valence-electron chi connectivity index (χ3n) is 6.31. The number of amides is 1. The van der Waals surface area contributed by atoms with Gasteiger partial charge < -0.3 is 19.1 Å². The predicted molar refractivity (Wildman–Crippen MR) is 149 cm³/mol. The van der Waals surface area contributed by atoms with Crippen molar-refractivity contribution in [3.63, 3.8) is 0 Å². The van der Waals surface area contributed by atoms with Crippen LogP contribution in [0.15, 0.2) is 24.4 Å². The van der Waals surface area contributed by atoms with Crippen LogP contribution in [0.3, 0.4) is 0 Å². The minimum Gasteiger partial charge on any atom is -0.491 e. The quantitative estimate of drug-likeness (QED) is 0.152. The molecule has 1 saturated heterocycles. The van der Waals surface area contributed by atoms with Crippen molar-refractivity contribution in [2.24, 2.45) is 0 Å². The summed E-state index contributed by atoms with van der Waals surface area (Å²) < 4.78 is 57.9. The molecule has 13 nitrogen and oxygen atoms in total. The number of benzene rings is 1. The standard InChI is InChI=1S/C26H33FN6O7S/c1-38-25-20(32-41(2,36)37)13-17(16-28-25)23-19-14-18(27)15-21(40-10-6-4-3-5-7-22(34)31-35)24(19)30-26(29-23)33-8-11-39-12-9-33/h13-16,32,35H,3-12H2,1-2H3,(H,31,34). The second kappa shape index (κ2) is 13.7. The van der Waals surface area contributed by atoms with Crippen LogP contribution >= 0.6 is 0 Å². The second-order valence-electron chi connectivity index (χ2n) is 9.47. The molecule has 1 aliphatic heterocycles. The number of sulfonamides is 1. The van der Waals surface area contributed by atoms with Crippen LogP contribution in [0.1, 0.15) is 32.1 Å². The van der Waals surface area contributed by atoms with Gasteiger partial charge in [0.25, 0.3) is 0 Å². The van der Waals surface area contributed by atoms with Gasteiger partial charge in [0.2, 0.25) is 27.8 Å². The van der Waals surface area contributed by atoms with Crippen LogP contribution in [0.5, 0.6) is 11.6 Å². The smallest absolute Gasteiger partial charge is 0.243 e. The van der Waals surface area contributed by atoms with Crippen LogP contribution in [0, 0.1) is 5.82 Å². The van der Waals surface area contributed by atoms with Gasteiger partial charge in [0.05, 0.1) is 38.9 Å². The number of fused-ring (bicyclic) bond motifs is 1. The maximum atomic E-state index is 14.9. The monoisotopic (exact) mass is 592 g/mol. The summed E-state index contributed by atoms with van der Waals surface area (Å²) in [7, 11) is -2.28. The van der Waals surface area contributed by atoms with Gasteiger partial charge in [0.1, 0.15) is 22.8 Å². The van der Waals surface area contributed by atoms with Gasteiger partial charge in [-0.2, -0.15) is 0 Å². The van der Waals surface area contributed by atoms with E-state index < -0.39 is 21.7 Å². The van der Waals surface area contributed by atoms with E-state index in [1.165, 1.54) is 31.5 Å². The molecule has 1 fully saturated rings. The Morgan fingerprint density at radius 3 is 2.61 bits per heavy atom. The van der Waals surface area contributed by atoms with Crippen molar-refractivity contribution in [3.8, 4) is 22.9 Å². The number of halogens is 1. The molecular formula is C26H33FN6O7S. The maximum absolute atomic E-state index is 14.9. The lowest BCUT2D eigenvalue weighted by Gasteiger charge is -2.27. The topological polar surface area (TPSA) is 165 Å². The molecule has 0 bridgehead atoms. The fraction of sp³-hybridized carbons (Fsp3) is 0.462. The highest BCUT2D eigenvalue weighted by Gasteiger charge is 2.22. The third kappa shape index (κ3) is 8.11. The van der Waals surface area contributed by atoms with E-state index in [9.17, 15) is 17.6 Å². The predicted octanol–water partition coefficient (Wildman–Crippen LogP) is 2.88. The zero-order chi connectivity index (χ0) is 29.4. The third-order valence-corrected chi connectivity index (χ3v) is 6.90. The molecule has 3 N–H and O–H groups in total. The molecule has 0 atom stereocenters. The lowest BCUT2D eigenvalue weighted by molar-refractivity contribution is -0.129. The van der Waals surface area contributed by atoms with Crippen LogP contribution in [-0.4, -0.2) is 80.8 Å². The van der Waals surface area contributed by atoms with Crippen LogP contribution in [0.4, 0.5) is 16.0 Å². The average Bonchev–Trinajstić information content (AvgIpc) is 2.95. The zero-order valence-electron chi connectivity index (χ0n) is 22.9. The molecule has 4 rings (SSSR count). The Morgan fingerprint density at radius 2 is 1.90 bits per heavy atom. The van der Waals surface area contributed by atoms with Crippen LogP contribution < -0.4 is 24.6 Å². The van der Waals surface area contributed by atoms with E-state index in [2.05, 4.69) is 9.71 Å². The molecular weight excluding hydrogens is 559 g/mol. The van der Waals surface area contributed by atoms with E-state index in [-0.39, 0.29) is 23.7 Å². The van der Waals surface area contributed by atoms with Crippen molar-refractivity contribution in [2.45, 2.75) is 32.1 Å². The fourth-order valence-corrected chi connectivity index (χ4v) is 4.93. The Balaban J connectivity index is 1.69. The summed E-state index contributed by atoms with van der Waals surface area (Å²) in [6, 6.07) is 4.11. The first-order chi connectivity index (χ1) is 19.7. The number of nitrogens with zero attached hydrogens (tertiary/aromatic N) is 4. The molecule has 3 aromatic rings. The summed E-state index contributed by atoms with van der Waals surface area (Å²) in [6.45, 7) is 2.40. The average molecular weight is 593 g/mol. The number of hydrogen-bond donors (Lipinski definition) is 3. The Hall–Kier alpha value is -3.82. The highest BCUT2D eigenvalue weighted by molar-refractivity contribution is 7.92. The molecule has 3 heterocycles. The number of morpholine rings is 1. The number of carbonyl (C=O) groups excluding carboxylic acids is 1. The van der Waals surface area contributed by atoms with Crippen molar-refractivity contribution >= 4 is 38.5 Å². The molecule has 0 saturated carbocycles. The van der Waals surface area contributed by atoms with Crippen molar-refractivity contribution in [1.82, 2.24) is 20.4 Å². The molecule has 1 amide bonds. The van der Waals surface area contributed by atoms with E-state index >= 15 is 0 Å². The molecule has 2 aromatic heterocycles. The largest absolute Gasteiger partial charge is 0.491 e. The molecule has 0 spiro atoms. The van der Waals surface area contributed by atoms with Gasteiger partial charge in [-0.25, -0.2) is 33.2 Å². The Bertz CT molecular complexity index is 1480. The first kappa shape index (κ1) is 30.1. The molecule has 0 aliphatic carbocycles. The van der Waals surface area contributed by atoms with Crippen molar-refractivity contribution < 1.29 is 37.0 Å². The van der Waals surface area contributed by atoms with Gasteiger partial charge in [-0.1, -0.05) is 12.8 Å². The van der Waals surface area contributed by atoms with E-state index in [1.54, 1.807) is 5.48 Å². The number of anilines is 2. The lowest BCUT2D eigenvalue weighted by atomic mass is 10.1. The highest BCUT2D eigenvalue weighted by atomic mass is 32.2. The molecule has 15 heteroatoms. The van der Waals surface area contributed by atoms with Gasteiger partial charge in [-0.05, 0) is 25.0 Å². The number of nitrogens with one attached hydrogen (secondary N) is 2. The first-order valence-corrected chi connectivity index (χ1v) is 15.0. The van der Waals surface area contributed by atoms with Crippen molar-refractivity contribution in [2.75, 3.05) is 55.9 Å². The SMILES string of the molecule is COc1ncc(-c2nc(N3CCOCC3)nc3c(OCCCCCCC(=O)NO)cc(F)cc23)cc1NS(C)(=O)=O. The fourth-order valence-electron chi connectivity index (χ4n) is 4.39. The first-order valence-electron chi connectivity index (χ1n) is 13.1. The maximum Gasteiger partial charge on any atom is 0.243 e. The highest BCUT2D eigenvalue weighted by Crippen LogP contribution is 2.36. The van der Waals surface area contributed by atoms with Crippen LogP contribution in [-0.2, 0) is 19.6 Å². The van der Waals surface area contributed by atoms with Crippen molar-refractivity contribution in [3.05, 3.63) is 30.2 Å². The van der Waals surface area contributed by atoms with Gasteiger partial charge in [0, 0.05) is 42.7 Å². The summed E-state index contributed by atoms with van der Waals surface area (Å²) in [5.74, 6) is -0.275. The number of hydrogen-bond acceptors (Lipinski definition) is 11. The van der Waals surface area contributed by atoms with E-state index in [4.69, 9.17) is 29.4 Å². The summed E-state index contributed by atoms with van der Waals surface area (Å²) in [4.78, 5) is 26.8. The second-order valence-corrected chi connectivity index (χ2v) is 11.2. The summed E-state index contributed by atoms with van der Waals surface area (Å²) >= 11 is 0. The van der Waals surface area contributed by atoms with E-state index in [0.717, 1.165) is 19.1 Å². The van der Waals surface area contributed by atoms with Gasteiger partial charge in [-0.3, -0.25) is 14.7 Å². The number of methoxy groups -OCH3 is 1. The van der Waals surface area contributed by atoms with E-state index in [1.807, 2.05) is 4.90 Å². The summed E-state index contributed by atoms with van der Waals surface area (Å²) in [5, 5.41) is 8.95. The Kier molecular flexibility index (Phi) is 10.1.